The van der Waals surface area contributed by atoms with Crippen LogP contribution in [0.1, 0.15) is 37.8 Å². The van der Waals surface area contributed by atoms with E-state index in [1.165, 1.54) is 6.20 Å². The third-order valence-corrected chi connectivity index (χ3v) is 5.07. The lowest BCUT2D eigenvalue weighted by Crippen LogP contribution is -2.26. The van der Waals surface area contributed by atoms with Crippen LogP contribution in [0.4, 0.5) is 19.0 Å². The lowest BCUT2D eigenvalue weighted by molar-refractivity contribution is -0.137. The zero-order valence-electron chi connectivity index (χ0n) is 14.6. The average Bonchev–Trinajstić information content (AvgIpc) is 3.02. The fraction of sp³-hybridized carbons (Fsp3) is 0.556. The van der Waals surface area contributed by atoms with Crippen LogP contribution in [0.25, 0.3) is 0 Å². The van der Waals surface area contributed by atoms with Crippen molar-refractivity contribution in [1.82, 2.24) is 10.3 Å². The van der Waals surface area contributed by atoms with Gasteiger partial charge in [0.15, 0.2) is 0 Å². The first-order valence-corrected chi connectivity index (χ1v) is 8.65. The van der Waals surface area contributed by atoms with Gasteiger partial charge in [-0.1, -0.05) is 0 Å². The number of nitrogens with one attached hydrogen (secondary N) is 2. The van der Waals surface area contributed by atoms with E-state index < -0.39 is 17.6 Å². The second-order valence-electron chi connectivity index (χ2n) is 7.45. The van der Waals surface area contributed by atoms with Crippen molar-refractivity contribution in [3.8, 4) is 0 Å². The summed E-state index contributed by atoms with van der Waals surface area (Å²) < 4.78 is 39.0. The molecule has 0 aromatic carbocycles. The van der Waals surface area contributed by atoms with Gasteiger partial charge in [0, 0.05) is 29.4 Å². The Morgan fingerprint density at radius 1 is 1.38 bits per heavy atom. The minimum atomic E-state index is -4.61. The molecule has 142 valence electrons. The Morgan fingerprint density at radius 3 is 2.54 bits per heavy atom. The van der Waals surface area contributed by atoms with Crippen molar-refractivity contribution >= 4 is 11.5 Å². The van der Waals surface area contributed by atoms with Crippen LogP contribution in [0.15, 0.2) is 24.0 Å². The lowest BCUT2D eigenvalue weighted by Gasteiger charge is -2.18. The minimum Gasteiger partial charge on any atom is -0.393 e. The molecule has 2 aliphatic carbocycles. The van der Waals surface area contributed by atoms with Gasteiger partial charge in [0.2, 0.25) is 0 Å². The molecule has 0 amide bonds. The molecule has 0 saturated heterocycles. The molecule has 26 heavy (non-hydrogen) atoms. The Hall–Kier alpha value is -2.09. The topological polar surface area (TPSA) is 95.0 Å². The van der Waals surface area contributed by atoms with Gasteiger partial charge in [0.25, 0.3) is 0 Å². The lowest BCUT2D eigenvalue weighted by atomic mass is 10.0. The Labute approximate surface area is 150 Å². The summed E-state index contributed by atoms with van der Waals surface area (Å²) >= 11 is 0. The normalized spacial score (nSPS) is 28.2. The van der Waals surface area contributed by atoms with Gasteiger partial charge in [0.05, 0.1) is 17.4 Å². The molecule has 0 spiro atoms. The number of alkyl halides is 3. The number of aromatic nitrogens is 1. The SMILES string of the molecule is CC(C)N/C(=C\C(=N)c1cnc(N)c(C(F)(F)F)c1)[C@H]1[C@@H]2C[C@@H](O)C[C@@H]21. The molecule has 2 aliphatic rings. The minimum absolute atomic E-state index is 0.0447. The molecule has 3 rings (SSSR count). The first-order valence-electron chi connectivity index (χ1n) is 8.65. The van der Waals surface area contributed by atoms with Crippen LogP contribution in [-0.4, -0.2) is 27.9 Å². The molecule has 2 saturated carbocycles. The van der Waals surface area contributed by atoms with E-state index in [-0.39, 0.29) is 29.3 Å². The first-order chi connectivity index (χ1) is 12.1. The molecule has 4 atom stereocenters. The molecule has 1 aromatic rings. The molecule has 5 N–H and O–H groups in total. The Balaban J connectivity index is 1.85. The van der Waals surface area contributed by atoms with Crippen LogP contribution in [0.3, 0.4) is 0 Å². The van der Waals surface area contributed by atoms with Gasteiger partial charge in [-0.05, 0) is 50.7 Å². The number of allylic oxidation sites excluding steroid dienone is 2. The first kappa shape index (κ1) is 18.7. The van der Waals surface area contributed by atoms with E-state index >= 15 is 0 Å². The number of anilines is 1. The number of hydrogen-bond donors (Lipinski definition) is 4. The molecule has 2 fully saturated rings. The van der Waals surface area contributed by atoms with Gasteiger partial charge in [-0.2, -0.15) is 13.2 Å². The molecule has 1 aromatic heterocycles. The molecule has 8 heteroatoms. The molecular formula is C18H23F3N4O. The van der Waals surface area contributed by atoms with Gasteiger partial charge in [0.1, 0.15) is 5.82 Å². The van der Waals surface area contributed by atoms with Crippen LogP contribution in [0, 0.1) is 23.2 Å². The zero-order chi connectivity index (χ0) is 19.2. The molecule has 1 heterocycles. The van der Waals surface area contributed by atoms with Crippen LogP contribution < -0.4 is 11.1 Å². The maximum atomic E-state index is 13.0. The summed E-state index contributed by atoms with van der Waals surface area (Å²) in [6.45, 7) is 3.94. The van der Waals surface area contributed by atoms with Crippen molar-refractivity contribution in [3.63, 3.8) is 0 Å². The highest BCUT2D eigenvalue weighted by Gasteiger charge is 2.57. The average molecular weight is 368 g/mol. The summed E-state index contributed by atoms with van der Waals surface area (Å²) in [5, 5.41) is 21.2. The third-order valence-electron chi connectivity index (χ3n) is 5.07. The maximum Gasteiger partial charge on any atom is 0.419 e. The number of rotatable bonds is 5. The Bertz CT molecular complexity index is 732. The number of nitrogen functional groups attached to an aromatic ring is 1. The summed E-state index contributed by atoms with van der Waals surface area (Å²) in [4.78, 5) is 3.60. The van der Waals surface area contributed by atoms with E-state index in [1.807, 2.05) is 13.8 Å². The van der Waals surface area contributed by atoms with Crippen molar-refractivity contribution in [2.45, 2.75) is 45.0 Å². The highest BCUT2D eigenvalue weighted by atomic mass is 19.4. The predicted molar refractivity (Wildman–Crippen MR) is 92.5 cm³/mol. The number of fused-ring (bicyclic) bond motifs is 1. The number of aliphatic hydroxyl groups excluding tert-OH is 1. The summed E-state index contributed by atoms with van der Waals surface area (Å²) in [6, 6.07) is 1.00. The van der Waals surface area contributed by atoms with E-state index in [0.717, 1.165) is 24.6 Å². The van der Waals surface area contributed by atoms with E-state index in [2.05, 4.69) is 10.3 Å². The quantitative estimate of drug-likeness (QED) is 0.601. The smallest absolute Gasteiger partial charge is 0.393 e. The summed E-state index contributed by atoms with van der Waals surface area (Å²) in [5.41, 5.74) is 5.16. The third kappa shape index (κ3) is 3.70. The van der Waals surface area contributed by atoms with Crippen molar-refractivity contribution in [2.75, 3.05) is 5.73 Å². The maximum absolute atomic E-state index is 13.0. The number of halogens is 3. The van der Waals surface area contributed by atoms with Crippen molar-refractivity contribution in [1.29, 1.82) is 5.41 Å². The molecule has 0 bridgehead atoms. The van der Waals surface area contributed by atoms with E-state index in [9.17, 15) is 18.3 Å². The van der Waals surface area contributed by atoms with Crippen LogP contribution in [0.5, 0.6) is 0 Å². The fourth-order valence-electron chi connectivity index (χ4n) is 3.93. The van der Waals surface area contributed by atoms with Crippen molar-refractivity contribution < 1.29 is 18.3 Å². The molecule has 5 nitrogen and oxygen atoms in total. The van der Waals surface area contributed by atoms with E-state index in [0.29, 0.717) is 11.8 Å². The summed E-state index contributed by atoms with van der Waals surface area (Å²) in [7, 11) is 0. The number of hydrogen-bond acceptors (Lipinski definition) is 5. The highest BCUT2D eigenvalue weighted by molar-refractivity contribution is 6.07. The second-order valence-corrected chi connectivity index (χ2v) is 7.45. The molecule has 0 aliphatic heterocycles. The van der Waals surface area contributed by atoms with Gasteiger partial charge in [-0.25, -0.2) is 4.98 Å². The summed E-state index contributed by atoms with van der Waals surface area (Å²) in [6.07, 6.45) is -0.629. The number of pyridine rings is 1. The molecular weight excluding hydrogens is 345 g/mol. The fourth-order valence-corrected chi connectivity index (χ4v) is 3.93. The molecule has 0 unspecified atom stereocenters. The van der Waals surface area contributed by atoms with Gasteiger partial charge in [-0.3, -0.25) is 0 Å². The van der Waals surface area contributed by atoms with Crippen molar-refractivity contribution in [3.05, 3.63) is 35.2 Å². The highest BCUT2D eigenvalue weighted by Crippen LogP contribution is 2.60. The predicted octanol–water partition coefficient (Wildman–Crippen LogP) is 2.95. The Morgan fingerprint density at radius 2 is 2.00 bits per heavy atom. The summed E-state index contributed by atoms with van der Waals surface area (Å²) in [5.74, 6) is 0.394. The largest absolute Gasteiger partial charge is 0.419 e. The number of aliphatic hydroxyl groups is 1. The Kier molecular flexibility index (Phi) is 4.72. The molecule has 0 radical (unpaired) electrons. The van der Waals surface area contributed by atoms with Crippen LogP contribution >= 0.6 is 0 Å². The standard InChI is InChI=1S/C18H23F3N4O/c1-8(2)25-15(16-11-4-10(26)5-12(11)16)6-14(22)9-3-13(18(19,20)21)17(23)24-7-9/h3,6-8,10-12,16,22,25-26H,4-5H2,1-2H3,(H2,23,24)/b15-6-,22-14?/t10-,11-,12+,16+. The van der Waals surface area contributed by atoms with E-state index in [4.69, 9.17) is 11.1 Å². The van der Waals surface area contributed by atoms with E-state index in [1.54, 1.807) is 6.08 Å². The van der Waals surface area contributed by atoms with Crippen molar-refractivity contribution in [2.24, 2.45) is 17.8 Å². The number of nitrogens with two attached hydrogens (primary N) is 1. The van der Waals surface area contributed by atoms with Crippen LogP contribution in [-0.2, 0) is 6.18 Å². The zero-order valence-corrected chi connectivity index (χ0v) is 14.6. The monoisotopic (exact) mass is 368 g/mol. The van der Waals surface area contributed by atoms with Gasteiger partial charge < -0.3 is 21.6 Å². The second kappa shape index (κ2) is 6.57. The van der Waals surface area contributed by atoms with Gasteiger partial charge >= 0.3 is 6.18 Å². The number of nitrogens with zero attached hydrogens (tertiary/aromatic N) is 1. The van der Waals surface area contributed by atoms with Crippen LogP contribution in [0.2, 0.25) is 0 Å². The van der Waals surface area contributed by atoms with Gasteiger partial charge in [-0.15, -0.1) is 0 Å².